The molecule has 0 fully saturated rings. The molecule has 0 bridgehead atoms. The lowest BCUT2D eigenvalue weighted by Gasteiger charge is -2.15. The van der Waals surface area contributed by atoms with E-state index in [1.54, 1.807) is 12.4 Å². The van der Waals surface area contributed by atoms with Crippen LogP contribution in [0.15, 0.2) is 5.38 Å². The van der Waals surface area contributed by atoms with E-state index in [0.717, 1.165) is 11.9 Å². The summed E-state index contributed by atoms with van der Waals surface area (Å²) < 4.78 is 41.1. The third-order valence-electron chi connectivity index (χ3n) is 1.87. The van der Waals surface area contributed by atoms with Gasteiger partial charge in [-0.2, -0.15) is 13.2 Å². The number of aromatic nitrogens is 1. The SMILES string of the molecule is CNCc1nc(COC(C)C(F)(F)F)cs1. The van der Waals surface area contributed by atoms with E-state index in [9.17, 15) is 13.2 Å². The summed E-state index contributed by atoms with van der Waals surface area (Å²) in [6.07, 6.45) is -6.08. The summed E-state index contributed by atoms with van der Waals surface area (Å²) >= 11 is 1.40. The van der Waals surface area contributed by atoms with Gasteiger partial charge >= 0.3 is 6.18 Å². The van der Waals surface area contributed by atoms with Crippen molar-refractivity contribution in [1.82, 2.24) is 10.3 Å². The molecule has 1 aromatic rings. The maximum Gasteiger partial charge on any atom is 0.414 e. The van der Waals surface area contributed by atoms with Gasteiger partial charge in [-0.1, -0.05) is 0 Å². The lowest BCUT2D eigenvalue weighted by atomic mass is 10.4. The Hall–Kier alpha value is -0.660. The van der Waals surface area contributed by atoms with Crippen molar-refractivity contribution in [3.63, 3.8) is 0 Å². The summed E-state index contributed by atoms with van der Waals surface area (Å²) in [7, 11) is 1.78. The lowest BCUT2D eigenvalue weighted by Crippen LogP contribution is -2.28. The molecule has 0 saturated heterocycles. The second kappa shape index (κ2) is 5.60. The van der Waals surface area contributed by atoms with Gasteiger partial charge in [0.1, 0.15) is 5.01 Å². The average Bonchev–Trinajstić information content (AvgIpc) is 2.61. The first-order chi connectivity index (χ1) is 7.43. The van der Waals surface area contributed by atoms with Gasteiger partial charge in [-0.3, -0.25) is 0 Å². The summed E-state index contributed by atoms with van der Waals surface area (Å²) in [5.41, 5.74) is 0.534. The van der Waals surface area contributed by atoms with Gasteiger partial charge in [0.25, 0.3) is 0 Å². The zero-order chi connectivity index (χ0) is 12.2. The maximum absolute atomic E-state index is 12.1. The van der Waals surface area contributed by atoms with Crippen molar-refractivity contribution in [2.45, 2.75) is 32.4 Å². The minimum atomic E-state index is -4.32. The van der Waals surface area contributed by atoms with Crippen LogP contribution in [0.25, 0.3) is 0 Å². The predicted molar refractivity (Wildman–Crippen MR) is 55.2 cm³/mol. The Morgan fingerprint density at radius 1 is 1.56 bits per heavy atom. The van der Waals surface area contributed by atoms with Crippen LogP contribution in [0.1, 0.15) is 17.6 Å². The Morgan fingerprint density at radius 2 is 2.25 bits per heavy atom. The van der Waals surface area contributed by atoms with Gasteiger partial charge < -0.3 is 10.1 Å². The smallest absolute Gasteiger partial charge is 0.363 e. The fourth-order valence-electron chi connectivity index (χ4n) is 0.953. The number of hydrogen-bond acceptors (Lipinski definition) is 4. The molecule has 0 amide bonds. The number of hydrogen-bond donors (Lipinski definition) is 1. The van der Waals surface area contributed by atoms with Crippen molar-refractivity contribution in [1.29, 1.82) is 0 Å². The van der Waals surface area contributed by atoms with Crippen LogP contribution in [-0.2, 0) is 17.9 Å². The quantitative estimate of drug-likeness (QED) is 0.875. The maximum atomic E-state index is 12.1. The van der Waals surface area contributed by atoms with E-state index < -0.39 is 12.3 Å². The number of thiazole rings is 1. The van der Waals surface area contributed by atoms with Crippen molar-refractivity contribution in [2.24, 2.45) is 0 Å². The van der Waals surface area contributed by atoms with Gasteiger partial charge in [0, 0.05) is 11.9 Å². The molecule has 1 unspecified atom stereocenters. The molecule has 0 aliphatic heterocycles. The van der Waals surface area contributed by atoms with Crippen LogP contribution in [0.2, 0.25) is 0 Å². The molecule has 1 rings (SSSR count). The Morgan fingerprint density at radius 3 is 2.81 bits per heavy atom. The molecule has 0 aliphatic carbocycles. The Bertz CT molecular complexity index is 327. The number of rotatable bonds is 5. The molecule has 1 atom stereocenters. The Kier molecular flexibility index (Phi) is 4.69. The molecular formula is C9H13F3N2OS. The summed E-state index contributed by atoms with van der Waals surface area (Å²) in [6.45, 7) is 1.49. The number of halogens is 3. The zero-order valence-corrected chi connectivity index (χ0v) is 9.78. The van der Waals surface area contributed by atoms with Crippen LogP contribution in [0.3, 0.4) is 0 Å². The van der Waals surface area contributed by atoms with Gasteiger partial charge in [0.2, 0.25) is 0 Å². The van der Waals surface area contributed by atoms with Crippen molar-refractivity contribution >= 4 is 11.3 Å². The predicted octanol–water partition coefficient (Wildman–Crippen LogP) is 2.33. The molecular weight excluding hydrogens is 241 g/mol. The van der Waals surface area contributed by atoms with Crippen LogP contribution >= 0.6 is 11.3 Å². The lowest BCUT2D eigenvalue weighted by molar-refractivity contribution is -0.217. The van der Waals surface area contributed by atoms with E-state index in [2.05, 4.69) is 15.0 Å². The molecule has 0 spiro atoms. The highest BCUT2D eigenvalue weighted by Crippen LogP contribution is 2.23. The number of nitrogens with zero attached hydrogens (tertiary/aromatic N) is 1. The molecule has 16 heavy (non-hydrogen) atoms. The fourth-order valence-corrected chi connectivity index (χ4v) is 1.74. The van der Waals surface area contributed by atoms with E-state index in [0.29, 0.717) is 12.2 Å². The first kappa shape index (κ1) is 13.4. The normalized spacial score (nSPS) is 14.1. The first-order valence-electron chi connectivity index (χ1n) is 4.69. The molecule has 7 heteroatoms. The summed E-state index contributed by atoms with van der Waals surface area (Å²) in [4.78, 5) is 4.12. The third kappa shape index (κ3) is 4.07. The second-order valence-corrected chi connectivity index (χ2v) is 4.20. The van der Waals surface area contributed by atoms with Gasteiger partial charge in [-0.25, -0.2) is 4.98 Å². The van der Waals surface area contributed by atoms with Crippen LogP contribution in [0, 0.1) is 0 Å². The second-order valence-electron chi connectivity index (χ2n) is 3.26. The largest absolute Gasteiger partial charge is 0.414 e. The van der Waals surface area contributed by atoms with Crippen molar-refractivity contribution in [3.8, 4) is 0 Å². The van der Waals surface area contributed by atoms with Crippen molar-refractivity contribution < 1.29 is 17.9 Å². The number of nitrogens with one attached hydrogen (secondary N) is 1. The third-order valence-corrected chi connectivity index (χ3v) is 2.77. The molecule has 3 nitrogen and oxygen atoms in total. The highest BCUT2D eigenvalue weighted by atomic mass is 32.1. The molecule has 1 heterocycles. The molecule has 92 valence electrons. The Balaban J connectivity index is 2.42. The van der Waals surface area contributed by atoms with E-state index in [1.165, 1.54) is 11.3 Å². The molecule has 1 N–H and O–H groups in total. The summed E-state index contributed by atoms with van der Waals surface area (Å²) in [5, 5.41) is 5.45. The minimum absolute atomic E-state index is 0.110. The van der Waals surface area contributed by atoms with Crippen LogP contribution < -0.4 is 5.32 Å². The van der Waals surface area contributed by atoms with Gasteiger partial charge in [0.15, 0.2) is 6.10 Å². The monoisotopic (exact) mass is 254 g/mol. The average molecular weight is 254 g/mol. The fraction of sp³-hybridized carbons (Fsp3) is 0.667. The first-order valence-corrected chi connectivity index (χ1v) is 5.57. The number of alkyl halides is 3. The summed E-state index contributed by atoms with van der Waals surface area (Å²) in [6, 6.07) is 0. The van der Waals surface area contributed by atoms with Crippen LogP contribution in [0.5, 0.6) is 0 Å². The molecule has 0 aliphatic rings. The molecule has 1 aromatic heterocycles. The minimum Gasteiger partial charge on any atom is -0.363 e. The van der Waals surface area contributed by atoms with E-state index in [4.69, 9.17) is 0 Å². The summed E-state index contributed by atoms with van der Waals surface area (Å²) in [5.74, 6) is 0. The van der Waals surface area contributed by atoms with E-state index in [1.807, 2.05) is 0 Å². The number of ether oxygens (including phenoxy) is 1. The van der Waals surface area contributed by atoms with Gasteiger partial charge in [-0.15, -0.1) is 11.3 Å². The highest BCUT2D eigenvalue weighted by molar-refractivity contribution is 7.09. The molecule has 0 saturated carbocycles. The van der Waals surface area contributed by atoms with Crippen molar-refractivity contribution in [3.05, 3.63) is 16.1 Å². The standard InChI is InChI=1S/C9H13F3N2OS/c1-6(9(10,11)12)15-4-7-5-16-8(14-7)3-13-2/h5-6,13H,3-4H2,1-2H3. The topological polar surface area (TPSA) is 34.2 Å². The Labute approximate surface area is 95.6 Å². The highest BCUT2D eigenvalue weighted by Gasteiger charge is 2.36. The zero-order valence-electron chi connectivity index (χ0n) is 8.97. The van der Waals surface area contributed by atoms with Crippen molar-refractivity contribution in [2.75, 3.05) is 7.05 Å². The van der Waals surface area contributed by atoms with Gasteiger partial charge in [-0.05, 0) is 14.0 Å². The van der Waals surface area contributed by atoms with Crippen LogP contribution in [-0.4, -0.2) is 24.3 Å². The van der Waals surface area contributed by atoms with Crippen LogP contribution in [0.4, 0.5) is 13.2 Å². The molecule has 0 aromatic carbocycles. The molecule has 0 radical (unpaired) electrons. The van der Waals surface area contributed by atoms with Gasteiger partial charge in [0.05, 0.1) is 12.3 Å². The van der Waals surface area contributed by atoms with E-state index >= 15 is 0 Å². The van der Waals surface area contributed by atoms with E-state index in [-0.39, 0.29) is 6.61 Å².